The maximum atomic E-state index is 11.5. The number of carbonyl (C=O) groups is 1. The molecule has 98 valence electrons. The molecule has 0 radical (unpaired) electrons. The van der Waals surface area contributed by atoms with Gasteiger partial charge in [0.2, 0.25) is 11.9 Å². The normalized spacial score (nSPS) is 24.3. The number of primary amides is 1. The molecule has 18 heavy (non-hydrogen) atoms. The molecule has 1 fully saturated rings. The quantitative estimate of drug-likeness (QED) is 0.822. The lowest BCUT2D eigenvalue weighted by Crippen LogP contribution is -2.38. The van der Waals surface area contributed by atoms with Crippen LogP contribution in [-0.2, 0) is 4.79 Å². The van der Waals surface area contributed by atoms with Crippen LogP contribution in [0, 0.1) is 5.92 Å². The van der Waals surface area contributed by atoms with Crippen LogP contribution < -0.4 is 11.1 Å². The highest BCUT2D eigenvalue weighted by Gasteiger charge is 2.28. The van der Waals surface area contributed by atoms with Crippen molar-refractivity contribution in [2.75, 3.05) is 5.32 Å². The van der Waals surface area contributed by atoms with E-state index in [4.69, 9.17) is 17.3 Å². The molecule has 1 aliphatic carbocycles. The van der Waals surface area contributed by atoms with E-state index in [-0.39, 0.29) is 17.9 Å². The Morgan fingerprint density at radius 1 is 1.28 bits per heavy atom. The van der Waals surface area contributed by atoms with Gasteiger partial charge in [-0.1, -0.05) is 30.9 Å². The maximum Gasteiger partial charge on any atom is 0.222 e. The van der Waals surface area contributed by atoms with E-state index in [0.29, 0.717) is 11.0 Å². The molecule has 0 aliphatic heterocycles. The van der Waals surface area contributed by atoms with Gasteiger partial charge in [-0.05, 0) is 12.8 Å². The second kappa shape index (κ2) is 6.00. The molecule has 5 nitrogen and oxygen atoms in total. The van der Waals surface area contributed by atoms with E-state index in [0.717, 1.165) is 32.1 Å². The smallest absolute Gasteiger partial charge is 0.222 e. The molecule has 1 aromatic rings. The van der Waals surface area contributed by atoms with Crippen molar-refractivity contribution >= 4 is 23.5 Å². The molecule has 1 aromatic heterocycles. The Balaban J connectivity index is 2.08. The summed E-state index contributed by atoms with van der Waals surface area (Å²) < 4.78 is 0. The summed E-state index contributed by atoms with van der Waals surface area (Å²) in [5.41, 5.74) is 5.46. The Bertz CT molecular complexity index is 409. The lowest BCUT2D eigenvalue weighted by Gasteiger charge is -2.23. The van der Waals surface area contributed by atoms with Crippen LogP contribution in [0.1, 0.15) is 32.1 Å². The minimum Gasteiger partial charge on any atom is -0.369 e. The second-order valence-electron chi connectivity index (χ2n) is 4.62. The Hall–Kier alpha value is -1.36. The van der Waals surface area contributed by atoms with Gasteiger partial charge in [0, 0.05) is 6.04 Å². The highest BCUT2D eigenvalue weighted by molar-refractivity contribution is 6.30. The lowest BCUT2D eigenvalue weighted by atomic mass is 9.94. The molecule has 2 unspecified atom stereocenters. The third kappa shape index (κ3) is 3.32. The van der Waals surface area contributed by atoms with E-state index in [2.05, 4.69) is 15.3 Å². The third-order valence-corrected chi connectivity index (χ3v) is 3.51. The number of anilines is 1. The van der Waals surface area contributed by atoms with Gasteiger partial charge in [0.25, 0.3) is 0 Å². The molecule has 1 aliphatic rings. The molecule has 0 bridgehead atoms. The van der Waals surface area contributed by atoms with Crippen LogP contribution >= 0.6 is 11.6 Å². The van der Waals surface area contributed by atoms with Gasteiger partial charge in [0.15, 0.2) is 0 Å². The van der Waals surface area contributed by atoms with E-state index in [1.54, 1.807) is 0 Å². The van der Waals surface area contributed by atoms with Crippen molar-refractivity contribution in [1.29, 1.82) is 0 Å². The van der Waals surface area contributed by atoms with Crippen molar-refractivity contribution in [2.45, 2.75) is 38.1 Å². The summed E-state index contributed by atoms with van der Waals surface area (Å²) in [5, 5.41) is 3.69. The lowest BCUT2D eigenvalue weighted by molar-refractivity contribution is -0.122. The minimum absolute atomic E-state index is 0.0196. The largest absolute Gasteiger partial charge is 0.369 e. The van der Waals surface area contributed by atoms with Gasteiger partial charge in [-0.15, -0.1) is 0 Å². The predicted molar refractivity (Wildman–Crippen MR) is 70.2 cm³/mol. The molecule has 2 atom stereocenters. The summed E-state index contributed by atoms with van der Waals surface area (Å²) in [6.45, 7) is 0. The first kappa shape index (κ1) is 13.1. The number of rotatable bonds is 3. The first-order valence-corrected chi connectivity index (χ1v) is 6.58. The Kier molecular flexibility index (Phi) is 4.36. The van der Waals surface area contributed by atoms with Crippen LogP contribution in [0.4, 0.5) is 5.95 Å². The molecule has 0 saturated heterocycles. The number of hydrogen-bond acceptors (Lipinski definition) is 4. The zero-order valence-corrected chi connectivity index (χ0v) is 10.9. The average molecular weight is 269 g/mol. The second-order valence-corrected chi connectivity index (χ2v) is 5.06. The predicted octanol–water partition coefficient (Wildman–Crippen LogP) is 1.98. The van der Waals surface area contributed by atoms with Gasteiger partial charge in [-0.2, -0.15) is 0 Å². The number of nitrogens with zero attached hydrogens (tertiary/aromatic N) is 2. The first-order valence-electron chi connectivity index (χ1n) is 6.20. The van der Waals surface area contributed by atoms with Crippen LogP contribution in [0.3, 0.4) is 0 Å². The van der Waals surface area contributed by atoms with E-state index < -0.39 is 0 Å². The topological polar surface area (TPSA) is 80.9 Å². The number of aromatic nitrogens is 2. The molecule has 2 rings (SSSR count). The monoisotopic (exact) mass is 268 g/mol. The fraction of sp³-hybridized carbons (Fsp3) is 0.583. The van der Waals surface area contributed by atoms with Crippen molar-refractivity contribution in [1.82, 2.24) is 9.97 Å². The summed E-state index contributed by atoms with van der Waals surface area (Å²) in [7, 11) is 0. The maximum absolute atomic E-state index is 11.5. The molecule has 6 heteroatoms. The van der Waals surface area contributed by atoms with Crippen LogP contribution in [0.5, 0.6) is 0 Å². The van der Waals surface area contributed by atoms with Gasteiger partial charge in [0.1, 0.15) is 0 Å². The van der Waals surface area contributed by atoms with Gasteiger partial charge in [-0.3, -0.25) is 4.79 Å². The molecule has 0 aromatic carbocycles. The summed E-state index contributed by atoms with van der Waals surface area (Å²) in [6, 6.07) is 0.0196. The van der Waals surface area contributed by atoms with E-state index in [1.165, 1.54) is 12.4 Å². The van der Waals surface area contributed by atoms with E-state index >= 15 is 0 Å². The standard InChI is InChI=1S/C12H17ClN4O/c13-8-6-15-12(16-7-8)17-10-5-3-1-2-4-9(10)11(14)18/h6-7,9-10H,1-5H2,(H2,14,18)(H,15,16,17). The van der Waals surface area contributed by atoms with Crippen LogP contribution in [0.2, 0.25) is 5.02 Å². The Morgan fingerprint density at radius 3 is 2.61 bits per heavy atom. The summed E-state index contributed by atoms with van der Waals surface area (Å²) in [6.07, 6.45) is 8.10. The number of carbonyl (C=O) groups excluding carboxylic acids is 1. The number of halogens is 1. The number of nitrogens with two attached hydrogens (primary N) is 1. The molecule has 1 heterocycles. The zero-order chi connectivity index (χ0) is 13.0. The molecule has 0 spiro atoms. The number of hydrogen-bond donors (Lipinski definition) is 2. The first-order chi connectivity index (χ1) is 8.66. The molecular weight excluding hydrogens is 252 g/mol. The Morgan fingerprint density at radius 2 is 1.94 bits per heavy atom. The van der Waals surface area contributed by atoms with E-state index in [1.807, 2.05) is 0 Å². The van der Waals surface area contributed by atoms with Crippen molar-refractivity contribution in [2.24, 2.45) is 11.7 Å². The number of nitrogens with one attached hydrogen (secondary N) is 1. The summed E-state index contributed by atoms with van der Waals surface area (Å²) >= 11 is 5.73. The highest BCUT2D eigenvalue weighted by atomic mass is 35.5. The summed E-state index contributed by atoms with van der Waals surface area (Å²) in [4.78, 5) is 19.7. The molecule has 1 saturated carbocycles. The minimum atomic E-state index is -0.247. The van der Waals surface area contributed by atoms with Crippen LogP contribution in [0.15, 0.2) is 12.4 Å². The van der Waals surface area contributed by atoms with Crippen molar-refractivity contribution in [3.63, 3.8) is 0 Å². The van der Waals surface area contributed by atoms with Crippen molar-refractivity contribution in [3.8, 4) is 0 Å². The van der Waals surface area contributed by atoms with Gasteiger partial charge in [-0.25, -0.2) is 9.97 Å². The SMILES string of the molecule is NC(=O)C1CCCCCC1Nc1ncc(Cl)cn1. The van der Waals surface area contributed by atoms with Crippen molar-refractivity contribution < 1.29 is 4.79 Å². The number of amides is 1. The van der Waals surface area contributed by atoms with Gasteiger partial charge < -0.3 is 11.1 Å². The fourth-order valence-corrected chi connectivity index (χ4v) is 2.47. The third-order valence-electron chi connectivity index (χ3n) is 3.32. The zero-order valence-electron chi connectivity index (χ0n) is 10.1. The highest BCUT2D eigenvalue weighted by Crippen LogP contribution is 2.25. The van der Waals surface area contributed by atoms with Crippen molar-refractivity contribution in [3.05, 3.63) is 17.4 Å². The molecule has 1 amide bonds. The van der Waals surface area contributed by atoms with Crippen LogP contribution in [0.25, 0.3) is 0 Å². The molecular formula is C12H17ClN4O. The summed E-state index contributed by atoms with van der Waals surface area (Å²) in [5.74, 6) is 0.104. The van der Waals surface area contributed by atoms with Gasteiger partial charge >= 0.3 is 0 Å². The van der Waals surface area contributed by atoms with Crippen LogP contribution in [-0.4, -0.2) is 21.9 Å². The van der Waals surface area contributed by atoms with Gasteiger partial charge in [0.05, 0.1) is 23.3 Å². The molecule has 3 N–H and O–H groups in total. The fourth-order valence-electron chi connectivity index (χ4n) is 2.37. The van der Waals surface area contributed by atoms with E-state index in [9.17, 15) is 4.79 Å². The Labute approximate surface area is 111 Å². The average Bonchev–Trinajstić information content (AvgIpc) is 2.57.